The number of ketones is 2. The van der Waals surface area contributed by atoms with E-state index in [0.717, 1.165) is 22.3 Å². The van der Waals surface area contributed by atoms with Crippen LogP contribution in [-0.2, 0) is 9.59 Å². The fraction of sp³-hybridized carbons (Fsp3) is 0.0625. The third-order valence-corrected chi connectivity index (χ3v) is 6.43. The van der Waals surface area contributed by atoms with Gasteiger partial charge in [0.25, 0.3) is 0 Å². The summed E-state index contributed by atoms with van der Waals surface area (Å²) >= 11 is 0. The molecule has 0 amide bonds. The lowest BCUT2D eigenvalue weighted by atomic mass is 9.86. The highest BCUT2D eigenvalue weighted by atomic mass is 16.3. The average Bonchev–Trinajstić information content (AvgIpc) is 3.49. The lowest BCUT2D eigenvalue weighted by molar-refractivity contribution is -0.116. The molecule has 4 aromatic rings. The van der Waals surface area contributed by atoms with Crippen molar-refractivity contribution in [1.82, 2.24) is 9.97 Å². The number of benzene rings is 2. The molecule has 6 heteroatoms. The maximum Gasteiger partial charge on any atom is 0.232 e. The summed E-state index contributed by atoms with van der Waals surface area (Å²) < 4.78 is 0. The summed E-state index contributed by atoms with van der Waals surface area (Å²) in [5.41, 5.74) is 5.29. The molecule has 188 valence electrons. The highest BCUT2D eigenvalue weighted by Gasteiger charge is 2.38. The van der Waals surface area contributed by atoms with Crippen molar-refractivity contribution in [2.45, 2.75) is 13.8 Å². The fourth-order valence-electron chi connectivity index (χ4n) is 4.56. The van der Waals surface area contributed by atoms with Crippen molar-refractivity contribution < 1.29 is 19.8 Å². The lowest BCUT2D eigenvalue weighted by Crippen LogP contribution is -2.22. The smallest absolute Gasteiger partial charge is 0.232 e. The first-order valence-electron chi connectivity index (χ1n) is 12.0. The van der Waals surface area contributed by atoms with Crippen LogP contribution in [0, 0.1) is 0 Å². The minimum absolute atomic E-state index is 0.236. The monoisotopic (exact) mass is 502 g/mol. The Morgan fingerprint density at radius 3 is 1.47 bits per heavy atom. The van der Waals surface area contributed by atoms with E-state index in [1.807, 2.05) is 62.4 Å². The lowest BCUT2D eigenvalue weighted by Gasteiger charge is -2.17. The van der Waals surface area contributed by atoms with E-state index in [-0.39, 0.29) is 11.1 Å². The summed E-state index contributed by atoms with van der Waals surface area (Å²) in [6, 6.07) is 11.1. The summed E-state index contributed by atoms with van der Waals surface area (Å²) in [7, 11) is 0. The SMILES string of the molecule is C=C(C)/C=C/c1ccc2c(C3=C(O)C(=O)C(c4c[nH]c5cc(/C=C/C(=C)C)ccc45)=C(O)C3=O)c[nH]c2c1. The van der Waals surface area contributed by atoms with E-state index in [9.17, 15) is 19.8 Å². The molecule has 1 aliphatic carbocycles. The van der Waals surface area contributed by atoms with E-state index >= 15 is 0 Å². The predicted molar refractivity (Wildman–Crippen MR) is 153 cm³/mol. The first-order chi connectivity index (χ1) is 18.2. The molecule has 1 aliphatic rings. The topological polar surface area (TPSA) is 106 Å². The van der Waals surface area contributed by atoms with Gasteiger partial charge >= 0.3 is 0 Å². The molecule has 2 aromatic heterocycles. The summed E-state index contributed by atoms with van der Waals surface area (Å²) in [6.45, 7) is 11.5. The minimum Gasteiger partial charge on any atom is -0.504 e. The van der Waals surface area contributed by atoms with Crippen molar-refractivity contribution in [2.75, 3.05) is 0 Å². The number of fused-ring (bicyclic) bond motifs is 2. The van der Waals surface area contributed by atoms with Crippen LogP contribution in [0.5, 0.6) is 0 Å². The molecule has 0 unspecified atom stereocenters. The van der Waals surface area contributed by atoms with Gasteiger partial charge in [-0.25, -0.2) is 0 Å². The zero-order valence-corrected chi connectivity index (χ0v) is 21.1. The van der Waals surface area contributed by atoms with Crippen molar-refractivity contribution in [2.24, 2.45) is 0 Å². The predicted octanol–water partition coefficient (Wildman–Crippen LogP) is 7.22. The van der Waals surface area contributed by atoms with Crippen LogP contribution in [0.15, 0.2) is 96.8 Å². The van der Waals surface area contributed by atoms with Crippen LogP contribution in [-0.4, -0.2) is 31.7 Å². The van der Waals surface area contributed by atoms with E-state index in [2.05, 4.69) is 23.1 Å². The third kappa shape index (κ3) is 4.22. The van der Waals surface area contributed by atoms with Gasteiger partial charge in [-0.15, -0.1) is 0 Å². The van der Waals surface area contributed by atoms with Gasteiger partial charge in [0.2, 0.25) is 11.6 Å². The molecule has 0 saturated carbocycles. The second kappa shape index (κ2) is 9.41. The number of allylic oxidation sites excluding steroid dienone is 6. The molecular weight excluding hydrogens is 476 g/mol. The Morgan fingerprint density at radius 2 is 1.11 bits per heavy atom. The van der Waals surface area contributed by atoms with Crippen molar-refractivity contribution >= 4 is 56.7 Å². The van der Waals surface area contributed by atoms with Crippen molar-refractivity contribution in [3.63, 3.8) is 0 Å². The van der Waals surface area contributed by atoms with Gasteiger partial charge in [0.05, 0.1) is 11.1 Å². The number of aliphatic hydroxyl groups is 2. The quantitative estimate of drug-likeness (QED) is 0.165. The molecule has 6 nitrogen and oxygen atoms in total. The van der Waals surface area contributed by atoms with Crippen LogP contribution in [0.25, 0.3) is 45.1 Å². The van der Waals surface area contributed by atoms with Gasteiger partial charge in [0.1, 0.15) is 0 Å². The number of H-pyrrole nitrogens is 2. The van der Waals surface area contributed by atoms with Crippen molar-refractivity contribution in [1.29, 1.82) is 0 Å². The molecule has 0 saturated heterocycles. The van der Waals surface area contributed by atoms with Gasteiger partial charge in [0, 0.05) is 45.3 Å². The number of carbonyl (C=O) groups is 2. The first kappa shape index (κ1) is 24.6. The Hall–Kier alpha value is -5.10. The Labute approximate surface area is 219 Å². The number of carbonyl (C=O) groups excluding carboxylic acids is 2. The standard InChI is InChI=1S/C32H26N2O4/c1-17(2)5-7-19-9-11-21-23(15-33-25(21)13-19)27-29(35)31(37)28(32(38)30(27)36)24-16-34-26-14-20(8-6-18(3)4)10-12-22(24)26/h5-16,33-35,38H,1,3H2,2,4H3/b7-5+,8-6+. The molecule has 5 rings (SSSR count). The summed E-state index contributed by atoms with van der Waals surface area (Å²) in [6.07, 6.45) is 10.7. The molecule has 0 spiro atoms. The minimum atomic E-state index is -0.820. The maximum atomic E-state index is 13.4. The second-order valence-electron chi connectivity index (χ2n) is 9.48. The van der Waals surface area contributed by atoms with Crippen LogP contribution >= 0.6 is 0 Å². The first-order valence-corrected chi connectivity index (χ1v) is 12.0. The highest BCUT2D eigenvalue weighted by molar-refractivity contribution is 6.48. The van der Waals surface area contributed by atoms with E-state index in [1.54, 1.807) is 24.5 Å². The van der Waals surface area contributed by atoms with Crippen molar-refractivity contribution in [3.8, 4) is 0 Å². The molecule has 38 heavy (non-hydrogen) atoms. The molecular formula is C32H26N2O4. The van der Waals surface area contributed by atoms with E-state index in [1.165, 1.54) is 0 Å². The summed E-state index contributed by atoms with van der Waals surface area (Å²) in [5.74, 6) is -3.05. The van der Waals surface area contributed by atoms with Crippen LogP contribution < -0.4 is 0 Å². The van der Waals surface area contributed by atoms with Crippen molar-refractivity contribution in [3.05, 3.63) is 119 Å². The molecule has 0 bridgehead atoms. The van der Waals surface area contributed by atoms with Crippen LogP contribution in [0.4, 0.5) is 0 Å². The number of aromatic nitrogens is 2. The maximum absolute atomic E-state index is 13.4. The average molecular weight is 503 g/mol. The molecule has 0 aliphatic heterocycles. The van der Waals surface area contributed by atoms with Gasteiger partial charge in [-0.2, -0.15) is 0 Å². The van der Waals surface area contributed by atoms with Crippen LogP contribution in [0.2, 0.25) is 0 Å². The number of nitrogens with one attached hydrogen (secondary N) is 2. The Morgan fingerprint density at radius 1 is 0.711 bits per heavy atom. The van der Waals surface area contributed by atoms with Gasteiger partial charge in [-0.1, -0.05) is 72.9 Å². The van der Waals surface area contributed by atoms with Gasteiger partial charge < -0.3 is 20.2 Å². The normalized spacial score (nSPS) is 14.7. The zero-order chi connectivity index (χ0) is 27.1. The highest BCUT2D eigenvalue weighted by Crippen LogP contribution is 2.38. The Balaban J connectivity index is 1.55. The van der Waals surface area contributed by atoms with E-state index in [0.29, 0.717) is 32.9 Å². The fourth-order valence-corrected chi connectivity index (χ4v) is 4.56. The third-order valence-electron chi connectivity index (χ3n) is 6.43. The number of rotatable bonds is 6. The Kier molecular flexibility index (Phi) is 6.09. The zero-order valence-electron chi connectivity index (χ0n) is 21.1. The largest absolute Gasteiger partial charge is 0.504 e. The number of Topliss-reactive ketones (excluding diaryl/α,β-unsaturated/α-hetero) is 2. The summed E-state index contributed by atoms with van der Waals surface area (Å²) in [4.78, 5) is 32.9. The second-order valence-corrected chi connectivity index (χ2v) is 9.48. The molecule has 4 N–H and O–H groups in total. The van der Waals surface area contributed by atoms with Gasteiger partial charge in [0.15, 0.2) is 11.5 Å². The number of aliphatic hydroxyl groups excluding tert-OH is 2. The molecule has 0 atom stereocenters. The summed E-state index contributed by atoms with van der Waals surface area (Å²) in [5, 5.41) is 23.2. The van der Waals surface area contributed by atoms with Gasteiger partial charge in [-0.05, 0) is 37.1 Å². The van der Waals surface area contributed by atoms with Crippen LogP contribution in [0.3, 0.4) is 0 Å². The molecule has 2 heterocycles. The van der Waals surface area contributed by atoms with E-state index in [4.69, 9.17) is 0 Å². The van der Waals surface area contributed by atoms with Crippen LogP contribution in [0.1, 0.15) is 36.1 Å². The molecule has 0 fully saturated rings. The van der Waals surface area contributed by atoms with Gasteiger partial charge in [-0.3, -0.25) is 9.59 Å². The number of hydrogen-bond donors (Lipinski definition) is 4. The Bertz CT molecular complexity index is 1680. The number of hydrogen-bond acceptors (Lipinski definition) is 4. The number of aromatic amines is 2. The van der Waals surface area contributed by atoms with E-state index < -0.39 is 23.1 Å². The molecule has 2 aromatic carbocycles. The molecule has 0 radical (unpaired) electrons.